The molecule has 2 N–H and O–H groups in total. The zero-order chi connectivity index (χ0) is 12.5. The summed E-state index contributed by atoms with van der Waals surface area (Å²) in [6.07, 6.45) is 1.07. The molecule has 1 aromatic heterocycles. The highest BCUT2D eigenvalue weighted by molar-refractivity contribution is 5.51. The lowest BCUT2D eigenvalue weighted by Gasteiger charge is -2.28. The topological polar surface area (TPSA) is 42.4 Å². The molecule has 0 aliphatic carbocycles. The molecule has 1 aromatic carbocycles. The van der Waals surface area contributed by atoms with E-state index in [1.54, 1.807) is 0 Å². The summed E-state index contributed by atoms with van der Waals surface area (Å²) in [7, 11) is 0. The summed E-state index contributed by atoms with van der Waals surface area (Å²) in [6.45, 7) is 4.83. The van der Waals surface area contributed by atoms with Gasteiger partial charge in [-0.05, 0) is 42.7 Å². The quantitative estimate of drug-likeness (QED) is 0.823. The van der Waals surface area contributed by atoms with Gasteiger partial charge in [-0.2, -0.15) is 0 Å². The van der Waals surface area contributed by atoms with Crippen LogP contribution in [0.25, 0.3) is 0 Å². The first-order valence-electron chi connectivity index (χ1n) is 6.36. The first-order valence-corrected chi connectivity index (χ1v) is 6.36. The van der Waals surface area contributed by atoms with Crippen LogP contribution in [0, 0.1) is 6.92 Å². The number of anilines is 1. The second kappa shape index (κ2) is 4.50. The van der Waals surface area contributed by atoms with Crippen LogP contribution in [0.4, 0.5) is 5.69 Å². The minimum atomic E-state index is 0.863. The summed E-state index contributed by atoms with van der Waals surface area (Å²) in [5, 5.41) is 0. The normalized spacial score (nSPS) is 15.6. The predicted molar refractivity (Wildman–Crippen MR) is 72.1 cm³/mol. The molecule has 2 aromatic rings. The first kappa shape index (κ1) is 11.4. The Morgan fingerprint density at radius 1 is 1.28 bits per heavy atom. The highest BCUT2D eigenvalue weighted by Gasteiger charge is 2.18. The molecular weight excluding hydrogens is 224 g/mol. The van der Waals surface area contributed by atoms with E-state index in [1.165, 1.54) is 11.1 Å². The van der Waals surface area contributed by atoms with Gasteiger partial charge in [-0.3, -0.25) is 4.90 Å². The highest BCUT2D eigenvalue weighted by Crippen LogP contribution is 2.25. The van der Waals surface area contributed by atoms with Gasteiger partial charge in [0.25, 0.3) is 0 Å². The summed E-state index contributed by atoms with van der Waals surface area (Å²) in [6, 6.07) is 10.3. The molecule has 0 saturated carbocycles. The van der Waals surface area contributed by atoms with E-state index in [1.807, 2.05) is 25.1 Å². The molecule has 1 aliphatic heterocycles. The second-order valence-electron chi connectivity index (χ2n) is 4.96. The van der Waals surface area contributed by atoms with Gasteiger partial charge in [0.15, 0.2) is 0 Å². The van der Waals surface area contributed by atoms with E-state index in [0.717, 1.165) is 43.3 Å². The molecule has 0 saturated heterocycles. The van der Waals surface area contributed by atoms with E-state index in [9.17, 15) is 0 Å². The van der Waals surface area contributed by atoms with Crippen LogP contribution in [0.2, 0.25) is 0 Å². The number of hydrogen-bond donors (Lipinski definition) is 1. The van der Waals surface area contributed by atoms with Crippen LogP contribution < -0.4 is 5.73 Å². The number of aryl methyl sites for hydroxylation is 1. The van der Waals surface area contributed by atoms with E-state index in [0.29, 0.717) is 0 Å². The minimum Gasteiger partial charge on any atom is -0.465 e. The number of fused-ring (bicyclic) bond motifs is 1. The third-order valence-corrected chi connectivity index (χ3v) is 3.56. The number of hydrogen-bond acceptors (Lipinski definition) is 3. The Balaban J connectivity index is 1.76. The summed E-state index contributed by atoms with van der Waals surface area (Å²) in [5.41, 5.74) is 9.64. The standard InChI is InChI=1S/C15H18N2O/c1-11-5-6-13(18-11)9-17-8-7-12-3-2-4-15(16)14(12)10-17/h2-6H,7-10,16H2,1H3. The number of nitrogens with zero attached hydrogens (tertiary/aromatic N) is 1. The van der Waals surface area contributed by atoms with Crippen LogP contribution >= 0.6 is 0 Å². The van der Waals surface area contributed by atoms with Crippen molar-refractivity contribution in [2.24, 2.45) is 0 Å². The van der Waals surface area contributed by atoms with Crippen LogP contribution in [0.3, 0.4) is 0 Å². The van der Waals surface area contributed by atoms with Gasteiger partial charge in [-0.15, -0.1) is 0 Å². The summed E-state index contributed by atoms with van der Waals surface area (Å²) in [4.78, 5) is 2.39. The van der Waals surface area contributed by atoms with E-state index in [4.69, 9.17) is 10.2 Å². The fourth-order valence-corrected chi connectivity index (χ4v) is 2.59. The highest BCUT2D eigenvalue weighted by atomic mass is 16.3. The molecule has 3 heteroatoms. The molecule has 2 heterocycles. The fraction of sp³-hybridized carbons (Fsp3) is 0.333. The molecule has 1 aliphatic rings. The summed E-state index contributed by atoms with van der Waals surface area (Å²) in [5.74, 6) is 2.01. The van der Waals surface area contributed by atoms with E-state index in [-0.39, 0.29) is 0 Å². The number of furan rings is 1. The van der Waals surface area contributed by atoms with Crippen LogP contribution in [0.5, 0.6) is 0 Å². The third kappa shape index (κ3) is 2.14. The lowest BCUT2D eigenvalue weighted by Crippen LogP contribution is -2.30. The van der Waals surface area contributed by atoms with Crippen molar-refractivity contribution in [2.75, 3.05) is 12.3 Å². The average Bonchev–Trinajstić information content (AvgIpc) is 2.76. The van der Waals surface area contributed by atoms with E-state index in [2.05, 4.69) is 17.0 Å². The van der Waals surface area contributed by atoms with Crippen molar-refractivity contribution in [1.82, 2.24) is 4.90 Å². The largest absolute Gasteiger partial charge is 0.465 e. The van der Waals surface area contributed by atoms with Crippen molar-refractivity contribution in [3.63, 3.8) is 0 Å². The monoisotopic (exact) mass is 242 g/mol. The zero-order valence-corrected chi connectivity index (χ0v) is 10.6. The van der Waals surface area contributed by atoms with Gasteiger partial charge in [0, 0.05) is 18.8 Å². The Bertz CT molecular complexity index is 559. The Morgan fingerprint density at radius 2 is 2.17 bits per heavy atom. The number of nitrogens with two attached hydrogens (primary N) is 1. The van der Waals surface area contributed by atoms with E-state index >= 15 is 0 Å². The SMILES string of the molecule is Cc1ccc(CN2CCc3cccc(N)c3C2)o1. The number of rotatable bonds is 2. The molecular formula is C15H18N2O. The molecule has 0 radical (unpaired) electrons. The van der Waals surface area contributed by atoms with Crippen molar-refractivity contribution < 1.29 is 4.42 Å². The van der Waals surface area contributed by atoms with Crippen LogP contribution in [-0.4, -0.2) is 11.4 Å². The summed E-state index contributed by atoms with van der Waals surface area (Å²) < 4.78 is 5.63. The molecule has 0 fully saturated rings. The lowest BCUT2D eigenvalue weighted by molar-refractivity contribution is 0.225. The van der Waals surface area contributed by atoms with Gasteiger partial charge in [-0.25, -0.2) is 0 Å². The van der Waals surface area contributed by atoms with Gasteiger partial charge in [-0.1, -0.05) is 12.1 Å². The molecule has 0 atom stereocenters. The van der Waals surface area contributed by atoms with Crippen molar-refractivity contribution >= 4 is 5.69 Å². The maximum atomic E-state index is 6.05. The molecule has 3 nitrogen and oxygen atoms in total. The predicted octanol–water partition coefficient (Wildman–Crippen LogP) is 2.73. The van der Waals surface area contributed by atoms with Gasteiger partial charge in [0.1, 0.15) is 11.5 Å². The molecule has 0 unspecified atom stereocenters. The Morgan fingerprint density at radius 3 is 2.94 bits per heavy atom. The third-order valence-electron chi connectivity index (χ3n) is 3.56. The Kier molecular flexibility index (Phi) is 2.84. The maximum Gasteiger partial charge on any atom is 0.118 e. The van der Waals surface area contributed by atoms with Gasteiger partial charge >= 0.3 is 0 Å². The first-order chi connectivity index (χ1) is 8.72. The molecule has 0 bridgehead atoms. The molecule has 0 spiro atoms. The maximum absolute atomic E-state index is 6.05. The smallest absolute Gasteiger partial charge is 0.118 e. The van der Waals surface area contributed by atoms with Gasteiger partial charge < -0.3 is 10.2 Å². The van der Waals surface area contributed by atoms with Crippen LogP contribution in [0.1, 0.15) is 22.6 Å². The minimum absolute atomic E-state index is 0.863. The Labute approximate surface area is 107 Å². The average molecular weight is 242 g/mol. The number of benzene rings is 1. The zero-order valence-electron chi connectivity index (χ0n) is 10.6. The van der Waals surface area contributed by atoms with E-state index < -0.39 is 0 Å². The fourth-order valence-electron chi connectivity index (χ4n) is 2.59. The molecule has 3 rings (SSSR count). The van der Waals surface area contributed by atoms with Crippen molar-refractivity contribution in [2.45, 2.75) is 26.4 Å². The Hall–Kier alpha value is -1.74. The van der Waals surface area contributed by atoms with Gasteiger partial charge in [0.2, 0.25) is 0 Å². The van der Waals surface area contributed by atoms with Crippen LogP contribution in [0.15, 0.2) is 34.7 Å². The summed E-state index contributed by atoms with van der Waals surface area (Å²) >= 11 is 0. The molecule has 18 heavy (non-hydrogen) atoms. The molecule has 94 valence electrons. The van der Waals surface area contributed by atoms with Gasteiger partial charge in [0.05, 0.1) is 6.54 Å². The molecule has 0 amide bonds. The number of nitrogen functional groups attached to an aromatic ring is 1. The van der Waals surface area contributed by atoms with Crippen molar-refractivity contribution in [3.8, 4) is 0 Å². The lowest BCUT2D eigenvalue weighted by atomic mass is 9.98. The second-order valence-corrected chi connectivity index (χ2v) is 4.96. The van der Waals surface area contributed by atoms with Crippen LogP contribution in [-0.2, 0) is 19.5 Å². The van der Waals surface area contributed by atoms with Crippen molar-refractivity contribution in [3.05, 3.63) is 53.0 Å². The van der Waals surface area contributed by atoms with Crippen molar-refractivity contribution in [1.29, 1.82) is 0 Å².